The van der Waals surface area contributed by atoms with Crippen LogP contribution in [0.5, 0.6) is 11.5 Å². The minimum atomic E-state index is -0.222. The van der Waals surface area contributed by atoms with Crippen molar-refractivity contribution in [2.75, 3.05) is 7.11 Å². The number of hydrogen-bond donors (Lipinski definition) is 2. The number of phenolic OH excluding ortho intramolecular Hbond substituents is 1. The van der Waals surface area contributed by atoms with Crippen LogP contribution in [-0.2, 0) is 4.79 Å². The molecule has 2 aromatic rings. The van der Waals surface area contributed by atoms with Crippen molar-refractivity contribution >= 4 is 66.5 Å². The van der Waals surface area contributed by atoms with Crippen LogP contribution >= 0.6 is 43.6 Å². The number of aromatic hydroxyl groups is 1. The number of aliphatic imine (C=N–C) groups is 1. The third kappa shape index (κ3) is 4.13. The second-order valence-electron chi connectivity index (χ2n) is 5.49. The quantitative estimate of drug-likeness (QED) is 0.577. The molecule has 0 aromatic heterocycles. The summed E-state index contributed by atoms with van der Waals surface area (Å²) in [4.78, 5) is 17.3. The number of carbonyl (C=O) groups is 1. The topological polar surface area (TPSA) is 70.9 Å². The molecule has 1 heterocycles. The van der Waals surface area contributed by atoms with Crippen LogP contribution in [0.15, 0.2) is 49.2 Å². The summed E-state index contributed by atoms with van der Waals surface area (Å²) in [5, 5.41) is 13.0. The van der Waals surface area contributed by atoms with Gasteiger partial charge in [-0.25, -0.2) is 4.99 Å². The normalized spacial score (nSPS) is 17.0. The number of thioether (sulfide) groups is 1. The first-order valence-corrected chi connectivity index (χ1v) is 9.90. The molecule has 0 unspecified atom stereocenters. The average molecular weight is 498 g/mol. The first-order valence-electron chi connectivity index (χ1n) is 7.49. The number of amides is 1. The summed E-state index contributed by atoms with van der Waals surface area (Å²) in [6.45, 7) is 1.97. The molecule has 2 aromatic carbocycles. The maximum atomic E-state index is 12.3. The highest BCUT2D eigenvalue weighted by atomic mass is 79.9. The Kier molecular flexibility index (Phi) is 5.74. The summed E-state index contributed by atoms with van der Waals surface area (Å²) >= 11 is 7.82. The third-order valence-electron chi connectivity index (χ3n) is 3.54. The van der Waals surface area contributed by atoms with Gasteiger partial charge in [0.25, 0.3) is 5.91 Å². The molecule has 0 bridgehead atoms. The Hall–Kier alpha value is -1.77. The van der Waals surface area contributed by atoms with Crippen LogP contribution in [0.3, 0.4) is 0 Å². The standard InChI is InChI=1S/C18H14Br2N2O3S/c1-9-3-4-14(25-2)13(5-9)21-18-22-17(24)15(26-18)8-10-6-11(19)16(23)12(20)7-10/h3-8,23H,1-2H3,(H,21,22,24)/b15-8-. The number of aryl methyl sites for hydroxylation is 1. The van der Waals surface area contributed by atoms with Crippen molar-refractivity contribution < 1.29 is 14.6 Å². The number of phenols is 1. The van der Waals surface area contributed by atoms with E-state index in [1.807, 2.05) is 25.1 Å². The Morgan fingerprint density at radius 3 is 2.58 bits per heavy atom. The van der Waals surface area contributed by atoms with Gasteiger partial charge in [-0.1, -0.05) is 6.07 Å². The largest absolute Gasteiger partial charge is 0.506 e. The summed E-state index contributed by atoms with van der Waals surface area (Å²) < 4.78 is 6.40. The third-order valence-corrected chi connectivity index (χ3v) is 5.66. The van der Waals surface area contributed by atoms with Crippen molar-refractivity contribution in [2.24, 2.45) is 4.99 Å². The molecule has 3 rings (SSSR count). The highest BCUT2D eigenvalue weighted by molar-refractivity contribution is 9.11. The minimum absolute atomic E-state index is 0.115. The fraction of sp³-hybridized carbons (Fsp3) is 0.111. The Morgan fingerprint density at radius 1 is 1.23 bits per heavy atom. The molecule has 1 aliphatic heterocycles. The number of nitrogens with one attached hydrogen (secondary N) is 1. The van der Waals surface area contributed by atoms with Crippen LogP contribution in [0.25, 0.3) is 6.08 Å². The first kappa shape index (κ1) is 19.0. The lowest BCUT2D eigenvalue weighted by atomic mass is 10.2. The first-order chi connectivity index (χ1) is 12.4. The predicted octanol–water partition coefficient (Wildman–Crippen LogP) is 5.13. The van der Waals surface area contributed by atoms with Gasteiger partial charge in [0.1, 0.15) is 17.2 Å². The van der Waals surface area contributed by atoms with Gasteiger partial charge in [0.15, 0.2) is 5.17 Å². The van der Waals surface area contributed by atoms with Crippen LogP contribution in [0, 0.1) is 6.92 Å². The van der Waals surface area contributed by atoms with Gasteiger partial charge in [0, 0.05) is 0 Å². The van der Waals surface area contributed by atoms with Crippen LogP contribution in [0.1, 0.15) is 11.1 Å². The molecule has 0 radical (unpaired) electrons. The van der Waals surface area contributed by atoms with E-state index in [-0.39, 0.29) is 11.7 Å². The number of methoxy groups -OCH3 is 1. The molecule has 1 amide bonds. The molecule has 0 aliphatic carbocycles. The van der Waals surface area contributed by atoms with Crippen molar-refractivity contribution in [1.29, 1.82) is 0 Å². The van der Waals surface area contributed by atoms with Crippen molar-refractivity contribution in [3.63, 3.8) is 0 Å². The summed E-state index contributed by atoms with van der Waals surface area (Å²) in [7, 11) is 1.58. The van der Waals surface area contributed by atoms with E-state index in [0.717, 1.165) is 11.1 Å². The fourth-order valence-electron chi connectivity index (χ4n) is 2.30. The summed E-state index contributed by atoms with van der Waals surface area (Å²) in [5.74, 6) is 0.534. The van der Waals surface area contributed by atoms with Gasteiger partial charge in [-0.3, -0.25) is 4.79 Å². The maximum Gasteiger partial charge on any atom is 0.264 e. The molecule has 1 fully saturated rings. The molecule has 0 saturated carbocycles. The van der Waals surface area contributed by atoms with Gasteiger partial charge in [-0.2, -0.15) is 0 Å². The van der Waals surface area contributed by atoms with Gasteiger partial charge < -0.3 is 15.2 Å². The van der Waals surface area contributed by atoms with E-state index in [4.69, 9.17) is 4.74 Å². The number of hydrogen-bond acceptors (Lipinski definition) is 5. The van der Waals surface area contributed by atoms with Crippen LogP contribution < -0.4 is 10.1 Å². The van der Waals surface area contributed by atoms with E-state index < -0.39 is 0 Å². The molecule has 1 saturated heterocycles. The highest BCUT2D eigenvalue weighted by Crippen LogP contribution is 2.36. The van der Waals surface area contributed by atoms with Gasteiger partial charge in [0.05, 0.1) is 21.0 Å². The number of amidine groups is 1. The van der Waals surface area contributed by atoms with E-state index in [0.29, 0.717) is 30.5 Å². The SMILES string of the molecule is COc1ccc(C)cc1N=C1NC(=O)/C(=C/c2cc(Br)c(O)c(Br)c2)S1. The number of carbonyl (C=O) groups excluding carboxylic acids is 1. The Labute approximate surface area is 171 Å². The molecule has 8 heteroatoms. The zero-order chi connectivity index (χ0) is 18.8. The Balaban J connectivity index is 1.91. The number of nitrogens with zero attached hydrogens (tertiary/aromatic N) is 1. The monoisotopic (exact) mass is 496 g/mol. The van der Waals surface area contributed by atoms with E-state index in [1.54, 1.807) is 25.3 Å². The smallest absolute Gasteiger partial charge is 0.264 e. The summed E-state index contributed by atoms with van der Waals surface area (Å²) in [5.41, 5.74) is 2.48. The van der Waals surface area contributed by atoms with Crippen LogP contribution in [0.4, 0.5) is 5.69 Å². The van der Waals surface area contributed by atoms with Gasteiger partial charge in [0.2, 0.25) is 0 Å². The lowest BCUT2D eigenvalue weighted by molar-refractivity contribution is -0.115. The fourth-order valence-corrected chi connectivity index (χ4v) is 4.35. The van der Waals surface area contributed by atoms with Gasteiger partial charge >= 0.3 is 0 Å². The highest BCUT2D eigenvalue weighted by Gasteiger charge is 2.24. The van der Waals surface area contributed by atoms with Crippen molar-refractivity contribution in [1.82, 2.24) is 5.32 Å². The molecule has 26 heavy (non-hydrogen) atoms. The minimum Gasteiger partial charge on any atom is -0.506 e. The van der Waals surface area contributed by atoms with Crippen molar-refractivity contribution in [3.8, 4) is 11.5 Å². The Bertz CT molecular complexity index is 934. The van der Waals surface area contributed by atoms with Crippen LogP contribution in [0.2, 0.25) is 0 Å². The summed E-state index contributed by atoms with van der Waals surface area (Å²) in [6.07, 6.45) is 1.74. The zero-order valence-electron chi connectivity index (χ0n) is 13.8. The predicted molar refractivity (Wildman–Crippen MR) is 112 cm³/mol. The zero-order valence-corrected chi connectivity index (χ0v) is 17.8. The number of rotatable bonds is 3. The molecule has 2 N–H and O–H groups in total. The maximum absolute atomic E-state index is 12.3. The van der Waals surface area contributed by atoms with Gasteiger partial charge in [-0.15, -0.1) is 0 Å². The average Bonchev–Trinajstić information content (AvgIpc) is 2.92. The Morgan fingerprint density at radius 2 is 1.92 bits per heavy atom. The van der Waals surface area contributed by atoms with Crippen molar-refractivity contribution in [3.05, 3.63) is 55.3 Å². The number of benzene rings is 2. The van der Waals surface area contributed by atoms with E-state index >= 15 is 0 Å². The van der Waals surface area contributed by atoms with E-state index in [1.165, 1.54) is 11.8 Å². The van der Waals surface area contributed by atoms with Crippen LogP contribution in [-0.4, -0.2) is 23.3 Å². The summed E-state index contributed by atoms with van der Waals surface area (Å²) in [6, 6.07) is 9.15. The lowest BCUT2D eigenvalue weighted by Crippen LogP contribution is -2.19. The molecule has 1 aliphatic rings. The lowest BCUT2D eigenvalue weighted by Gasteiger charge is -2.05. The van der Waals surface area contributed by atoms with E-state index in [9.17, 15) is 9.90 Å². The second-order valence-corrected chi connectivity index (χ2v) is 8.23. The molecule has 0 atom stereocenters. The molecule has 5 nitrogen and oxygen atoms in total. The van der Waals surface area contributed by atoms with Gasteiger partial charge in [-0.05, 0) is 92.0 Å². The molecular weight excluding hydrogens is 484 g/mol. The van der Waals surface area contributed by atoms with E-state index in [2.05, 4.69) is 42.2 Å². The van der Waals surface area contributed by atoms with Crippen molar-refractivity contribution in [2.45, 2.75) is 6.92 Å². The molecular formula is C18H14Br2N2O3S. The second kappa shape index (κ2) is 7.85. The number of ether oxygens (including phenoxy) is 1. The molecule has 134 valence electrons. The number of halogens is 2. The molecule has 0 spiro atoms.